The van der Waals surface area contributed by atoms with Crippen molar-refractivity contribution >= 4 is 0 Å². The van der Waals surface area contributed by atoms with Crippen LogP contribution in [0.25, 0.3) is 0 Å². The average Bonchev–Trinajstić information content (AvgIpc) is 3.22. The van der Waals surface area contributed by atoms with Gasteiger partial charge in [0.1, 0.15) is 17.2 Å². The maximum Gasteiger partial charge on any atom is 0.133 e. The molecule has 204 valence electrons. The molecule has 1 aliphatic carbocycles. The number of aryl methyl sites for hydroxylation is 1. The zero-order chi connectivity index (χ0) is 28.4. The Kier molecular flexibility index (Phi) is 8.04. The monoisotopic (exact) mass is 530 g/mol. The summed E-state index contributed by atoms with van der Waals surface area (Å²) in [5.74, 6) is -0.580. The Morgan fingerprint density at radius 3 is 2.15 bits per heavy atom. The highest BCUT2D eigenvalue weighted by Crippen LogP contribution is 2.45. The third-order valence-electron chi connectivity index (χ3n) is 7.58. The smallest absolute Gasteiger partial charge is 0.133 e. The van der Waals surface area contributed by atoms with E-state index in [0.717, 1.165) is 39.1 Å². The predicted octanol–water partition coefficient (Wildman–Crippen LogP) is 7.71. The summed E-state index contributed by atoms with van der Waals surface area (Å²) >= 11 is 0. The highest BCUT2D eigenvalue weighted by molar-refractivity contribution is 5.54. The molecule has 0 bridgehead atoms. The molecule has 2 nitrogen and oxygen atoms in total. The molecule has 3 aromatic carbocycles. The van der Waals surface area contributed by atoms with Gasteiger partial charge in [-0.05, 0) is 92.7 Å². The third kappa shape index (κ3) is 5.79. The molecule has 0 saturated carbocycles. The molecular weight excluding hydrogens is 493 g/mol. The Morgan fingerprint density at radius 1 is 0.872 bits per heavy atom. The summed E-state index contributed by atoms with van der Waals surface area (Å²) < 4.78 is 45.1. The van der Waals surface area contributed by atoms with Crippen LogP contribution in [-0.4, -0.2) is 17.7 Å². The molecule has 0 fully saturated rings. The Bertz CT molecular complexity index is 1420. The van der Waals surface area contributed by atoms with Crippen LogP contribution in [0.15, 0.2) is 85.1 Å². The second kappa shape index (κ2) is 11.0. The van der Waals surface area contributed by atoms with E-state index >= 15 is 8.78 Å². The van der Waals surface area contributed by atoms with Crippen molar-refractivity contribution in [1.82, 2.24) is 4.98 Å². The minimum absolute atomic E-state index is 0.00652. The number of benzene rings is 3. The second-order valence-electron chi connectivity index (χ2n) is 11.2. The lowest BCUT2D eigenvalue weighted by Gasteiger charge is -2.36. The molecule has 0 amide bonds. The fourth-order valence-electron chi connectivity index (χ4n) is 5.71. The predicted molar refractivity (Wildman–Crippen MR) is 153 cm³/mol. The first-order valence-corrected chi connectivity index (χ1v) is 13.3. The van der Waals surface area contributed by atoms with Gasteiger partial charge >= 0.3 is 0 Å². The van der Waals surface area contributed by atoms with Crippen molar-refractivity contribution in [1.29, 1.82) is 0 Å². The van der Waals surface area contributed by atoms with Crippen molar-refractivity contribution in [3.05, 3.63) is 136 Å². The van der Waals surface area contributed by atoms with Crippen molar-refractivity contribution in [2.75, 3.05) is 7.05 Å². The number of nitrogens with two attached hydrogens (primary N) is 1. The number of fused-ring (bicyclic) bond motifs is 1. The topological polar surface area (TPSA) is 38.9 Å². The number of hydrogen-bond acceptors (Lipinski definition) is 2. The molecule has 1 aromatic heterocycles. The van der Waals surface area contributed by atoms with Crippen LogP contribution in [0.5, 0.6) is 0 Å². The van der Waals surface area contributed by atoms with E-state index in [4.69, 9.17) is 4.98 Å². The van der Waals surface area contributed by atoms with Gasteiger partial charge in [0.15, 0.2) is 0 Å². The van der Waals surface area contributed by atoms with Crippen molar-refractivity contribution < 1.29 is 13.2 Å². The van der Waals surface area contributed by atoms with Crippen LogP contribution in [0, 0.1) is 12.7 Å². The quantitative estimate of drug-likeness (QED) is 0.277. The summed E-state index contributed by atoms with van der Waals surface area (Å²) in [5.41, 5.74) is 7.00. The molecule has 0 spiro atoms. The first kappa shape index (κ1) is 28.6. The normalized spacial score (nSPS) is 18.1. The Hall–Kier alpha value is -3.44. The lowest BCUT2D eigenvalue weighted by Crippen LogP contribution is -2.34. The van der Waals surface area contributed by atoms with Crippen LogP contribution in [-0.2, 0) is 30.3 Å². The Labute approximate surface area is 230 Å². The van der Waals surface area contributed by atoms with Gasteiger partial charge in [0.05, 0.1) is 11.1 Å². The van der Waals surface area contributed by atoms with Gasteiger partial charge in [-0.1, -0.05) is 60.7 Å². The third-order valence-corrected chi connectivity index (χ3v) is 7.58. The number of pyridine rings is 1. The molecule has 2 unspecified atom stereocenters. The summed E-state index contributed by atoms with van der Waals surface area (Å²) in [6, 6.07) is 24.9. The lowest BCUT2D eigenvalue weighted by molar-refractivity contribution is 0.205. The number of rotatable bonds is 6. The van der Waals surface area contributed by atoms with Crippen LogP contribution >= 0.6 is 0 Å². The van der Waals surface area contributed by atoms with E-state index in [9.17, 15) is 4.39 Å². The van der Waals surface area contributed by atoms with Gasteiger partial charge < -0.3 is 5.73 Å². The van der Waals surface area contributed by atoms with Crippen LogP contribution < -0.4 is 5.73 Å². The molecule has 0 saturated heterocycles. The zero-order valence-electron chi connectivity index (χ0n) is 23.4. The van der Waals surface area contributed by atoms with Gasteiger partial charge in [-0.25, -0.2) is 13.2 Å². The summed E-state index contributed by atoms with van der Waals surface area (Å²) in [7, 11) is 1.50. The number of halogens is 3. The molecule has 0 radical (unpaired) electrons. The molecule has 4 aromatic rings. The van der Waals surface area contributed by atoms with Gasteiger partial charge in [-0.2, -0.15) is 0 Å². The van der Waals surface area contributed by atoms with E-state index in [-0.39, 0.29) is 5.56 Å². The highest BCUT2D eigenvalue weighted by Gasteiger charge is 2.41. The molecule has 5 heteroatoms. The largest absolute Gasteiger partial charge is 0.333 e. The number of aromatic nitrogens is 1. The van der Waals surface area contributed by atoms with E-state index in [2.05, 4.69) is 23.9 Å². The van der Waals surface area contributed by atoms with E-state index in [0.29, 0.717) is 19.3 Å². The number of alkyl halides is 2. The van der Waals surface area contributed by atoms with Gasteiger partial charge in [0.25, 0.3) is 0 Å². The van der Waals surface area contributed by atoms with Gasteiger partial charge in [0.2, 0.25) is 0 Å². The first-order chi connectivity index (χ1) is 18.5. The van der Waals surface area contributed by atoms with E-state index in [1.807, 2.05) is 55.6 Å². The Balaban J connectivity index is 0.00000172. The standard InChI is InChI=1S/C33H32F3N.CH5N/c1-22-10-15-30(37-21-22)33(18-23-8-6-5-7-9-23,27-13-14-29(34)28(17-27)31(2,3)35)26-12-11-24-19-32(4,36)20-25(24)16-26;1-2/h5-17,21H,18-20H2,1-4H3;2H2,1H3. The lowest BCUT2D eigenvalue weighted by atomic mass is 9.67. The van der Waals surface area contributed by atoms with Crippen LogP contribution in [0.3, 0.4) is 0 Å². The molecule has 1 aliphatic rings. The highest BCUT2D eigenvalue weighted by atomic mass is 19.2. The molecule has 2 atom stereocenters. The minimum atomic E-state index is -1.87. The molecular formula is C34H37F3N2. The molecule has 1 heterocycles. The van der Waals surface area contributed by atoms with Crippen molar-refractivity contribution in [2.24, 2.45) is 5.73 Å². The fourth-order valence-corrected chi connectivity index (χ4v) is 5.71. The maximum absolute atomic E-state index is 15.2. The van der Waals surface area contributed by atoms with E-state index in [1.165, 1.54) is 27.0 Å². The van der Waals surface area contributed by atoms with Gasteiger partial charge in [-0.3, -0.25) is 4.98 Å². The average molecular weight is 531 g/mol. The van der Waals surface area contributed by atoms with E-state index < -0.39 is 22.6 Å². The Morgan fingerprint density at radius 2 is 1.51 bits per heavy atom. The summed E-state index contributed by atoms with van der Waals surface area (Å²) in [4.78, 5) is 4.87. The summed E-state index contributed by atoms with van der Waals surface area (Å²) in [6.07, 6.45) is 3.07. The molecule has 5 rings (SSSR count). The van der Waals surface area contributed by atoms with Crippen molar-refractivity contribution in [3.8, 4) is 0 Å². The van der Waals surface area contributed by atoms with Crippen LogP contribution in [0.1, 0.15) is 65.4 Å². The zero-order valence-corrected chi connectivity index (χ0v) is 23.4. The van der Waals surface area contributed by atoms with Crippen molar-refractivity contribution in [2.45, 2.75) is 63.7 Å². The number of hydrogen-bond donors (Lipinski definition) is 1. The van der Waals surface area contributed by atoms with E-state index in [1.54, 1.807) is 19.1 Å². The first-order valence-electron chi connectivity index (χ1n) is 13.3. The van der Waals surface area contributed by atoms with Gasteiger partial charge in [0, 0.05) is 24.6 Å². The number of nitrogens with zero attached hydrogens (tertiary/aromatic N) is 1. The maximum atomic E-state index is 15.2. The SMILES string of the molecule is CN.Cc1ccc(C(Cc2ccccc2)(c2ccc3c(c2)CC(C)(F)C3)c2ccc(F)c(C(C)(C)F)c2)nc1. The molecule has 0 aliphatic heterocycles. The van der Waals surface area contributed by atoms with Crippen LogP contribution in [0.4, 0.5) is 13.2 Å². The molecule has 39 heavy (non-hydrogen) atoms. The summed E-state index contributed by atoms with van der Waals surface area (Å²) in [6.45, 7) is 6.36. The second-order valence-corrected chi connectivity index (χ2v) is 11.2. The molecule has 2 N–H and O–H groups in total. The minimum Gasteiger partial charge on any atom is -0.333 e. The summed E-state index contributed by atoms with van der Waals surface area (Å²) in [5, 5.41) is 0. The fraction of sp³-hybridized carbons (Fsp3) is 0.324. The van der Waals surface area contributed by atoms with Crippen molar-refractivity contribution in [3.63, 3.8) is 0 Å². The van der Waals surface area contributed by atoms with Gasteiger partial charge in [-0.15, -0.1) is 0 Å². The van der Waals surface area contributed by atoms with Crippen LogP contribution in [0.2, 0.25) is 0 Å².